The van der Waals surface area contributed by atoms with Gasteiger partial charge in [-0.05, 0) is 25.0 Å². The number of piperidine rings is 1. The van der Waals surface area contributed by atoms with Gasteiger partial charge >= 0.3 is 0 Å². The molecule has 2 aromatic rings. The number of benzene rings is 1. The van der Waals surface area contributed by atoms with Crippen LogP contribution in [0, 0.1) is 15.9 Å². The first-order valence-electron chi connectivity index (χ1n) is 6.72. The monoisotopic (exact) mass is 291 g/mol. The number of pyridine rings is 1. The Morgan fingerprint density at radius 2 is 2.14 bits per heavy atom. The predicted molar refractivity (Wildman–Crippen MR) is 75.8 cm³/mol. The summed E-state index contributed by atoms with van der Waals surface area (Å²) in [5, 5.41) is 20.9. The molecule has 1 fully saturated rings. The number of nitro groups is 1. The summed E-state index contributed by atoms with van der Waals surface area (Å²) in [6, 6.07) is 4.11. The van der Waals surface area contributed by atoms with E-state index in [1.165, 1.54) is 6.20 Å². The normalized spacial score (nSPS) is 16.4. The minimum absolute atomic E-state index is 0.281. The molecule has 0 bridgehead atoms. The molecule has 0 amide bonds. The van der Waals surface area contributed by atoms with E-state index in [0.29, 0.717) is 36.8 Å². The number of non-ortho nitro benzene ring substituents is 1. The van der Waals surface area contributed by atoms with E-state index < -0.39 is 10.7 Å². The Balaban J connectivity index is 2.17. The van der Waals surface area contributed by atoms with Gasteiger partial charge in [-0.15, -0.1) is 0 Å². The smallest absolute Gasteiger partial charge is 0.281 e. The van der Waals surface area contributed by atoms with Crippen LogP contribution in [0.25, 0.3) is 10.9 Å². The average Bonchev–Trinajstić information content (AvgIpc) is 2.47. The minimum atomic E-state index is -0.649. The second kappa shape index (κ2) is 5.25. The van der Waals surface area contributed by atoms with Crippen molar-refractivity contribution in [2.75, 3.05) is 18.0 Å². The number of rotatable bonds is 2. The lowest BCUT2D eigenvalue weighted by molar-refractivity contribution is -0.383. The molecular formula is C14H14FN3O3. The first-order valence-corrected chi connectivity index (χ1v) is 6.72. The van der Waals surface area contributed by atoms with Gasteiger partial charge in [0.25, 0.3) is 5.69 Å². The van der Waals surface area contributed by atoms with Crippen LogP contribution in [0.3, 0.4) is 0 Å². The lowest BCUT2D eigenvalue weighted by Crippen LogP contribution is -2.36. The van der Waals surface area contributed by atoms with Gasteiger partial charge in [0, 0.05) is 19.3 Å². The van der Waals surface area contributed by atoms with Crippen molar-refractivity contribution in [3.05, 3.63) is 40.3 Å². The molecule has 110 valence electrons. The van der Waals surface area contributed by atoms with E-state index >= 15 is 0 Å². The van der Waals surface area contributed by atoms with Crippen LogP contribution in [0.4, 0.5) is 15.8 Å². The lowest BCUT2D eigenvalue weighted by Gasteiger charge is -2.32. The third kappa shape index (κ3) is 2.40. The lowest BCUT2D eigenvalue weighted by atomic mass is 10.0. The molecule has 1 N–H and O–H groups in total. The van der Waals surface area contributed by atoms with E-state index in [9.17, 15) is 19.6 Å². The number of hydrogen-bond acceptors (Lipinski definition) is 5. The third-order valence-corrected chi connectivity index (χ3v) is 3.78. The second-order valence-electron chi connectivity index (χ2n) is 5.10. The van der Waals surface area contributed by atoms with E-state index in [1.807, 2.05) is 0 Å². The fourth-order valence-corrected chi connectivity index (χ4v) is 2.72. The third-order valence-electron chi connectivity index (χ3n) is 3.78. The molecule has 0 unspecified atom stereocenters. The Morgan fingerprint density at radius 1 is 1.43 bits per heavy atom. The molecule has 0 atom stereocenters. The number of aromatic nitrogens is 1. The SMILES string of the molecule is O=[N+]([O-])c1cc(F)c(N2CCC(O)CC2)c2ncccc12. The number of hydrogen-bond donors (Lipinski definition) is 1. The molecule has 1 aliphatic heterocycles. The number of halogens is 1. The second-order valence-corrected chi connectivity index (χ2v) is 5.10. The van der Waals surface area contributed by atoms with Crippen LogP contribution in [0.15, 0.2) is 24.4 Å². The van der Waals surface area contributed by atoms with Gasteiger partial charge in [0.05, 0.1) is 22.5 Å². The van der Waals surface area contributed by atoms with Crippen molar-refractivity contribution in [3.63, 3.8) is 0 Å². The highest BCUT2D eigenvalue weighted by Gasteiger charge is 2.26. The molecule has 0 spiro atoms. The number of anilines is 1. The summed E-state index contributed by atoms with van der Waals surface area (Å²) in [5.41, 5.74) is 0.292. The van der Waals surface area contributed by atoms with Crippen LogP contribution in [-0.2, 0) is 0 Å². The van der Waals surface area contributed by atoms with Gasteiger partial charge in [0.1, 0.15) is 11.2 Å². The van der Waals surface area contributed by atoms with Gasteiger partial charge in [-0.3, -0.25) is 15.1 Å². The Labute approximate surface area is 120 Å². The Morgan fingerprint density at radius 3 is 2.81 bits per heavy atom. The topological polar surface area (TPSA) is 79.5 Å². The maximum atomic E-state index is 14.4. The standard InChI is InChI=1S/C14H14FN3O3/c15-11-8-12(18(20)21)10-2-1-5-16-13(10)14(11)17-6-3-9(19)4-7-17/h1-2,5,8-9,19H,3-4,6-7H2. The van der Waals surface area contributed by atoms with Crippen LogP contribution >= 0.6 is 0 Å². The Kier molecular flexibility index (Phi) is 3.42. The maximum absolute atomic E-state index is 14.4. The highest BCUT2D eigenvalue weighted by atomic mass is 19.1. The Bertz CT molecular complexity index is 699. The van der Waals surface area contributed by atoms with Crippen molar-refractivity contribution in [1.29, 1.82) is 0 Å². The van der Waals surface area contributed by atoms with Gasteiger partial charge in [0.2, 0.25) is 0 Å². The largest absolute Gasteiger partial charge is 0.393 e. The summed E-state index contributed by atoms with van der Waals surface area (Å²) in [5.74, 6) is -0.649. The molecule has 21 heavy (non-hydrogen) atoms. The molecule has 0 radical (unpaired) electrons. The quantitative estimate of drug-likeness (QED) is 0.678. The van der Waals surface area contributed by atoms with Gasteiger partial charge in [-0.1, -0.05) is 0 Å². The first-order chi connectivity index (χ1) is 10.1. The van der Waals surface area contributed by atoms with Crippen LogP contribution in [0.1, 0.15) is 12.8 Å². The number of nitro benzene ring substituents is 1. The molecule has 1 aromatic heterocycles. The van der Waals surface area contributed by atoms with Gasteiger partial charge < -0.3 is 10.0 Å². The van der Waals surface area contributed by atoms with Crippen molar-refractivity contribution in [1.82, 2.24) is 4.98 Å². The first kappa shape index (κ1) is 13.7. The van der Waals surface area contributed by atoms with Gasteiger partial charge in [0.15, 0.2) is 5.82 Å². The molecular weight excluding hydrogens is 277 g/mol. The average molecular weight is 291 g/mol. The summed E-state index contributed by atoms with van der Waals surface area (Å²) < 4.78 is 14.4. The molecule has 2 heterocycles. The molecule has 0 saturated carbocycles. The van der Waals surface area contributed by atoms with E-state index in [2.05, 4.69) is 4.98 Å². The highest BCUT2D eigenvalue weighted by Crippen LogP contribution is 2.35. The molecule has 1 aromatic carbocycles. The Hall–Kier alpha value is -2.28. The van der Waals surface area contributed by atoms with Crippen LogP contribution in [0.2, 0.25) is 0 Å². The van der Waals surface area contributed by atoms with Crippen LogP contribution in [0.5, 0.6) is 0 Å². The summed E-state index contributed by atoms with van der Waals surface area (Å²) in [6.45, 7) is 1.00. The van der Waals surface area contributed by atoms with Crippen molar-refractivity contribution >= 4 is 22.3 Å². The van der Waals surface area contributed by atoms with E-state index in [4.69, 9.17) is 0 Å². The van der Waals surface area contributed by atoms with E-state index in [1.54, 1.807) is 17.0 Å². The minimum Gasteiger partial charge on any atom is -0.393 e. The predicted octanol–water partition coefficient (Wildman–Crippen LogP) is 2.24. The van der Waals surface area contributed by atoms with Crippen molar-refractivity contribution in [3.8, 4) is 0 Å². The molecule has 1 aliphatic rings. The van der Waals surface area contributed by atoms with Crippen LogP contribution < -0.4 is 4.90 Å². The molecule has 1 saturated heterocycles. The zero-order valence-electron chi connectivity index (χ0n) is 11.2. The molecule has 6 nitrogen and oxygen atoms in total. The zero-order chi connectivity index (χ0) is 15.0. The summed E-state index contributed by atoms with van der Waals surface area (Å²) in [6.07, 6.45) is 2.21. The molecule has 3 rings (SSSR count). The maximum Gasteiger partial charge on any atom is 0.281 e. The van der Waals surface area contributed by atoms with Gasteiger partial charge in [-0.2, -0.15) is 0 Å². The van der Waals surface area contributed by atoms with Crippen molar-refractivity contribution in [2.24, 2.45) is 0 Å². The van der Waals surface area contributed by atoms with E-state index in [-0.39, 0.29) is 17.5 Å². The fourth-order valence-electron chi connectivity index (χ4n) is 2.72. The van der Waals surface area contributed by atoms with E-state index in [0.717, 1.165) is 6.07 Å². The van der Waals surface area contributed by atoms with Gasteiger partial charge in [-0.25, -0.2) is 4.39 Å². The number of aliphatic hydroxyl groups is 1. The van der Waals surface area contributed by atoms with Crippen molar-refractivity contribution in [2.45, 2.75) is 18.9 Å². The summed E-state index contributed by atoms with van der Waals surface area (Å²) >= 11 is 0. The number of nitrogens with zero attached hydrogens (tertiary/aromatic N) is 3. The summed E-state index contributed by atoms with van der Waals surface area (Å²) in [4.78, 5) is 16.4. The number of fused-ring (bicyclic) bond motifs is 1. The highest BCUT2D eigenvalue weighted by molar-refractivity contribution is 5.97. The zero-order valence-corrected chi connectivity index (χ0v) is 11.2. The van der Waals surface area contributed by atoms with Crippen molar-refractivity contribution < 1.29 is 14.4 Å². The molecule has 0 aliphatic carbocycles. The fraction of sp³-hybridized carbons (Fsp3) is 0.357. The van der Waals surface area contributed by atoms with Crippen LogP contribution in [-0.4, -0.2) is 34.2 Å². The number of aliphatic hydroxyl groups excluding tert-OH is 1. The molecule has 7 heteroatoms. The summed E-state index contributed by atoms with van der Waals surface area (Å²) in [7, 11) is 0.